The van der Waals surface area contributed by atoms with E-state index in [1.807, 2.05) is 32.0 Å². The average Bonchev–Trinajstić information content (AvgIpc) is 2.12. The summed E-state index contributed by atoms with van der Waals surface area (Å²) >= 11 is 0. The first-order valence-corrected chi connectivity index (χ1v) is 6.21. The number of carboxylic acid groups (broad SMARTS) is 1. The molecule has 86 valence electrons. The normalized spacial score (nSPS) is 12.9. The van der Waals surface area contributed by atoms with Crippen molar-refractivity contribution in [2.24, 2.45) is 0 Å². The fourth-order valence-electron chi connectivity index (χ4n) is 1.50. The molecule has 1 unspecified atom stereocenters. The second-order valence-electron chi connectivity index (χ2n) is 3.66. The van der Waals surface area contributed by atoms with Gasteiger partial charge < -0.3 is 5.11 Å². The Morgan fingerprint density at radius 2 is 1.88 bits per heavy atom. The summed E-state index contributed by atoms with van der Waals surface area (Å²) in [7, 11) is -1.27. The van der Waals surface area contributed by atoms with Crippen LogP contribution in [-0.2, 0) is 21.3 Å². The molecular weight excluding hydrogens is 224 g/mol. The lowest BCUT2D eigenvalue weighted by molar-refractivity contribution is -0.131. The zero-order chi connectivity index (χ0) is 12.1. The van der Waals surface area contributed by atoms with Gasteiger partial charge in [-0.15, -0.1) is 0 Å². The van der Waals surface area contributed by atoms with Crippen molar-refractivity contribution in [1.29, 1.82) is 0 Å². The quantitative estimate of drug-likeness (QED) is 0.818. The first kappa shape index (κ1) is 12.6. The molecule has 0 saturated heterocycles. The Hall–Kier alpha value is -1.42. The number of carboxylic acids is 1. The van der Waals surface area contributed by atoms with Crippen LogP contribution in [0.1, 0.15) is 16.7 Å². The van der Waals surface area contributed by atoms with Gasteiger partial charge in [-0.1, -0.05) is 29.3 Å². The molecule has 0 amide bonds. The summed E-state index contributed by atoms with van der Waals surface area (Å²) in [6, 6.07) is 5.96. The first-order chi connectivity index (χ1) is 7.47. The summed E-state index contributed by atoms with van der Waals surface area (Å²) in [5.41, 5.74) is 3.20. The zero-order valence-electron chi connectivity index (χ0n) is 9.27. The average molecular weight is 238 g/mol. The van der Waals surface area contributed by atoms with Crippen LogP contribution in [0.15, 0.2) is 29.7 Å². The molecule has 0 radical (unpaired) electrons. The number of hydrogen-bond donors (Lipinski definition) is 1. The third-order valence-electron chi connectivity index (χ3n) is 1.95. The van der Waals surface area contributed by atoms with Crippen molar-refractivity contribution in [3.05, 3.63) is 46.4 Å². The highest BCUT2D eigenvalue weighted by Crippen LogP contribution is 2.11. The van der Waals surface area contributed by atoms with Crippen molar-refractivity contribution in [2.45, 2.75) is 19.6 Å². The molecule has 1 N–H and O–H groups in total. The van der Waals surface area contributed by atoms with E-state index in [1.165, 1.54) is 5.41 Å². The summed E-state index contributed by atoms with van der Waals surface area (Å²) in [6.07, 6.45) is 0.915. The van der Waals surface area contributed by atoms with Crippen LogP contribution >= 0.6 is 0 Å². The fourth-order valence-corrected chi connectivity index (χ4v) is 2.36. The molecule has 0 heterocycles. The highest BCUT2D eigenvalue weighted by molar-refractivity contribution is 7.87. The van der Waals surface area contributed by atoms with Crippen molar-refractivity contribution in [3.8, 4) is 0 Å². The topological polar surface area (TPSA) is 54.4 Å². The number of carbonyl (C=O) groups is 1. The zero-order valence-corrected chi connectivity index (χ0v) is 10.1. The third-order valence-corrected chi connectivity index (χ3v) is 3.01. The maximum Gasteiger partial charge on any atom is 0.328 e. The lowest BCUT2D eigenvalue weighted by atomic mass is 10.1. The van der Waals surface area contributed by atoms with Crippen LogP contribution in [0.3, 0.4) is 0 Å². The molecular formula is C12H14O3S. The smallest absolute Gasteiger partial charge is 0.328 e. The van der Waals surface area contributed by atoms with Crippen LogP contribution in [0.4, 0.5) is 0 Å². The van der Waals surface area contributed by atoms with Crippen molar-refractivity contribution in [2.75, 3.05) is 0 Å². The predicted octanol–water partition coefficient (Wildman–Crippen LogP) is 2.15. The second kappa shape index (κ2) is 5.61. The molecule has 0 aliphatic rings. The summed E-state index contributed by atoms with van der Waals surface area (Å²) in [6.45, 7) is 3.96. The molecule has 0 aromatic heterocycles. The molecule has 1 atom stereocenters. The predicted molar refractivity (Wildman–Crippen MR) is 64.5 cm³/mol. The minimum Gasteiger partial charge on any atom is -0.478 e. The summed E-state index contributed by atoms with van der Waals surface area (Å²) < 4.78 is 11.5. The molecule has 0 bridgehead atoms. The maximum atomic E-state index is 11.5. The molecule has 1 aromatic rings. The number of aliphatic carboxylic acids is 1. The van der Waals surface area contributed by atoms with Gasteiger partial charge in [0.15, 0.2) is 0 Å². The van der Waals surface area contributed by atoms with Gasteiger partial charge in [-0.3, -0.25) is 4.21 Å². The van der Waals surface area contributed by atoms with Gasteiger partial charge in [-0.25, -0.2) is 4.79 Å². The standard InChI is InChI=1S/C12H14O3S/c1-9-5-10(2)7-11(6-9)8-16(15)4-3-12(13)14/h3-7H,8H2,1-2H3,(H,13,14)/b4-3+. The highest BCUT2D eigenvalue weighted by Gasteiger charge is 2.00. The van der Waals surface area contributed by atoms with Gasteiger partial charge in [0.1, 0.15) is 0 Å². The van der Waals surface area contributed by atoms with Gasteiger partial charge in [0.25, 0.3) is 0 Å². The molecule has 0 spiro atoms. The molecule has 4 heteroatoms. The molecule has 3 nitrogen and oxygen atoms in total. The number of aryl methyl sites for hydroxylation is 2. The van der Waals surface area contributed by atoms with Gasteiger partial charge in [0.2, 0.25) is 0 Å². The summed E-state index contributed by atoms with van der Waals surface area (Å²) in [5.74, 6) is -0.722. The Morgan fingerprint density at radius 3 is 2.38 bits per heavy atom. The molecule has 0 saturated carbocycles. The van der Waals surface area contributed by atoms with Crippen LogP contribution in [-0.4, -0.2) is 15.3 Å². The van der Waals surface area contributed by atoms with E-state index in [-0.39, 0.29) is 0 Å². The molecule has 0 aliphatic carbocycles. The highest BCUT2D eigenvalue weighted by atomic mass is 32.2. The van der Waals surface area contributed by atoms with Gasteiger partial charge in [0.05, 0.1) is 16.6 Å². The van der Waals surface area contributed by atoms with E-state index >= 15 is 0 Å². The molecule has 1 aromatic carbocycles. The van der Waals surface area contributed by atoms with Crippen LogP contribution in [0, 0.1) is 13.8 Å². The van der Waals surface area contributed by atoms with Crippen molar-refractivity contribution in [3.63, 3.8) is 0 Å². The monoisotopic (exact) mass is 238 g/mol. The van der Waals surface area contributed by atoms with Crippen LogP contribution in [0.25, 0.3) is 0 Å². The van der Waals surface area contributed by atoms with Crippen molar-refractivity contribution in [1.82, 2.24) is 0 Å². The van der Waals surface area contributed by atoms with Gasteiger partial charge >= 0.3 is 5.97 Å². The maximum absolute atomic E-state index is 11.5. The van der Waals surface area contributed by atoms with Crippen LogP contribution < -0.4 is 0 Å². The Kier molecular flexibility index (Phi) is 4.43. The Labute approximate surface area is 97.3 Å². The van der Waals surface area contributed by atoms with E-state index in [0.717, 1.165) is 22.8 Å². The van der Waals surface area contributed by atoms with Gasteiger partial charge in [-0.05, 0) is 19.4 Å². The lowest BCUT2D eigenvalue weighted by Crippen LogP contribution is -1.95. The van der Waals surface area contributed by atoms with E-state index < -0.39 is 16.8 Å². The second-order valence-corrected chi connectivity index (χ2v) is 4.98. The van der Waals surface area contributed by atoms with Crippen molar-refractivity contribution >= 4 is 16.8 Å². The molecule has 0 aliphatic heterocycles. The van der Waals surface area contributed by atoms with E-state index in [1.54, 1.807) is 0 Å². The summed E-state index contributed by atoms with van der Waals surface area (Å²) in [5, 5.41) is 9.60. The minimum absolute atomic E-state index is 0.353. The van der Waals surface area contributed by atoms with E-state index in [0.29, 0.717) is 5.75 Å². The van der Waals surface area contributed by atoms with E-state index in [2.05, 4.69) is 0 Å². The minimum atomic E-state index is -1.27. The largest absolute Gasteiger partial charge is 0.478 e. The van der Waals surface area contributed by atoms with Gasteiger partial charge in [0, 0.05) is 11.5 Å². The third kappa shape index (κ3) is 4.40. The van der Waals surface area contributed by atoms with Gasteiger partial charge in [-0.2, -0.15) is 0 Å². The molecule has 1 rings (SSSR count). The van der Waals surface area contributed by atoms with E-state index in [4.69, 9.17) is 5.11 Å². The number of benzene rings is 1. The lowest BCUT2D eigenvalue weighted by Gasteiger charge is -2.02. The Balaban J connectivity index is 2.73. The van der Waals surface area contributed by atoms with E-state index in [9.17, 15) is 9.00 Å². The summed E-state index contributed by atoms with van der Waals surface area (Å²) in [4.78, 5) is 10.2. The molecule has 16 heavy (non-hydrogen) atoms. The first-order valence-electron chi connectivity index (χ1n) is 4.83. The van der Waals surface area contributed by atoms with Crippen LogP contribution in [0.2, 0.25) is 0 Å². The Bertz CT molecular complexity index is 429. The van der Waals surface area contributed by atoms with Crippen LogP contribution in [0.5, 0.6) is 0 Å². The number of hydrogen-bond acceptors (Lipinski definition) is 2. The molecule has 0 fully saturated rings. The Morgan fingerprint density at radius 1 is 1.31 bits per heavy atom. The SMILES string of the molecule is Cc1cc(C)cc(CS(=O)/C=C/C(=O)O)c1. The van der Waals surface area contributed by atoms with Crippen molar-refractivity contribution < 1.29 is 14.1 Å². The fraction of sp³-hybridized carbons (Fsp3) is 0.250. The number of rotatable bonds is 4.